The van der Waals surface area contributed by atoms with Crippen molar-refractivity contribution in [3.05, 3.63) is 36.4 Å². The molecule has 0 radical (unpaired) electrons. The number of carbonyl (C=O) groups excluding carboxylic acids is 1. The van der Waals surface area contributed by atoms with E-state index in [1.807, 2.05) is 12.1 Å². The second kappa shape index (κ2) is 10.5. The number of rotatable bonds is 8. The number of nitrogens with one attached hydrogen (secondary N) is 2. The largest absolute Gasteiger partial charge is 0.382 e. The first-order valence-electron chi connectivity index (χ1n) is 12.7. The van der Waals surface area contributed by atoms with Gasteiger partial charge in [0, 0.05) is 25.3 Å². The fourth-order valence-corrected chi connectivity index (χ4v) is 6.07. The molecule has 3 aliphatic rings. The highest BCUT2D eigenvalue weighted by molar-refractivity contribution is 6.04. The highest BCUT2D eigenvalue weighted by atomic mass is 16.2. The second-order valence-corrected chi connectivity index (χ2v) is 10.1. The number of hydrogen-bond donors (Lipinski definition) is 2. The maximum atomic E-state index is 13.0. The lowest BCUT2D eigenvalue weighted by molar-refractivity contribution is -0.127. The van der Waals surface area contributed by atoms with Gasteiger partial charge in [-0.2, -0.15) is 0 Å². The van der Waals surface area contributed by atoms with E-state index >= 15 is 0 Å². The van der Waals surface area contributed by atoms with Crippen molar-refractivity contribution in [3.63, 3.8) is 0 Å². The second-order valence-electron chi connectivity index (χ2n) is 10.1. The topological polar surface area (TPSA) is 59.4 Å². The van der Waals surface area contributed by atoms with Crippen LogP contribution in [0.2, 0.25) is 0 Å². The fourth-order valence-electron chi connectivity index (χ4n) is 6.07. The third-order valence-corrected chi connectivity index (χ3v) is 7.96. The van der Waals surface area contributed by atoms with Gasteiger partial charge >= 0.3 is 0 Å². The van der Waals surface area contributed by atoms with E-state index in [-0.39, 0.29) is 11.9 Å². The number of benzene rings is 1. The molecule has 2 aliphatic carbocycles. The van der Waals surface area contributed by atoms with Crippen LogP contribution in [0, 0.1) is 17.2 Å². The Morgan fingerprint density at radius 3 is 2.62 bits per heavy atom. The minimum atomic E-state index is -0.152. The summed E-state index contributed by atoms with van der Waals surface area (Å²) in [6.07, 6.45) is 15.2. The molecule has 0 aromatic heterocycles. The molecule has 0 bridgehead atoms. The predicted molar refractivity (Wildman–Crippen MR) is 133 cm³/mol. The summed E-state index contributed by atoms with van der Waals surface area (Å²) in [7, 11) is 1.77. The maximum Gasteiger partial charge on any atom is 0.251 e. The van der Waals surface area contributed by atoms with Crippen molar-refractivity contribution in [1.29, 1.82) is 5.41 Å². The Labute approximate surface area is 193 Å². The van der Waals surface area contributed by atoms with Crippen LogP contribution in [0.4, 0.5) is 5.69 Å². The van der Waals surface area contributed by atoms with Gasteiger partial charge < -0.3 is 10.2 Å². The lowest BCUT2D eigenvalue weighted by atomic mass is 9.81. The van der Waals surface area contributed by atoms with Crippen molar-refractivity contribution in [2.45, 2.75) is 82.7 Å². The van der Waals surface area contributed by atoms with Crippen molar-refractivity contribution >= 4 is 23.6 Å². The molecule has 2 N–H and O–H groups in total. The van der Waals surface area contributed by atoms with Crippen molar-refractivity contribution in [3.8, 4) is 0 Å². The molecular formula is C27H40N4O. The third kappa shape index (κ3) is 5.19. The van der Waals surface area contributed by atoms with Crippen LogP contribution < -0.4 is 5.32 Å². The average Bonchev–Trinajstić information content (AvgIpc) is 3.02. The first kappa shape index (κ1) is 22.9. The van der Waals surface area contributed by atoms with Crippen LogP contribution in [-0.4, -0.2) is 47.3 Å². The minimum absolute atomic E-state index is 0.116. The van der Waals surface area contributed by atoms with Gasteiger partial charge in [-0.1, -0.05) is 75.8 Å². The molecule has 32 heavy (non-hydrogen) atoms. The standard InChI is InChI=1S/C27H40N4O/c1-3-22-13-7-8-15-24(22)29-23-14-9-12-21(18-23)19-25-26(32)30(2)27(28)31(25)17-16-20-10-5-4-6-11-20/h3,7-8,13,15,20-21,23,25,28-29H,1,4-6,9-12,14,16-19H2,2H3/t21-,23+,25+/m0/s1. The Bertz CT molecular complexity index is 816. The van der Waals surface area contributed by atoms with Gasteiger partial charge in [-0.25, -0.2) is 0 Å². The van der Waals surface area contributed by atoms with Gasteiger partial charge in [-0.15, -0.1) is 0 Å². The molecule has 5 nitrogen and oxygen atoms in total. The summed E-state index contributed by atoms with van der Waals surface area (Å²) >= 11 is 0. The zero-order chi connectivity index (χ0) is 22.5. The van der Waals surface area contributed by atoms with Gasteiger partial charge in [0.15, 0.2) is 0 Å². The molecule has 1 saturated heterocycles. The van der Waals surface area contributed by atoms with E-state index < -0.39 is 0 Å². The van der Waals surface area contributed by atoms with Crippen molar-refractivity contribution in [2.75, 3.05) is 18.9 Å². The number of likely N-dealkylation sites (N-methyl/N-ethyl adjacent to an activating group) is 1. The normalized spacial score (nSPS) is 27.1. The molecule has 1 aromatic carbocycles. The van der Waals surface area contributed by atoms with Crippen LogP contribution >= 0.6 is 0 Å². The SMILES string of the molecule is C=Cc1ccccc1N[C@@H]1CCC[C@H](C[C@@H]2C(=O)N(C)C(=N)N2CCC2CCCCC2)C1. The predicted octanol–water partition coefficient (Wildman–Crippen LogP) is 5.74. The summed E-state index contributed by atoms with van der Waals surface area (Å²) in [6, 6.07) is 8.62. The number of anilines is 1. The summed E-state index contributed by atoms with van der Waals surface area (Å²) in [5, 5.41) is 12.3. The monoisotopic (exact) mass is 436 g/mol. The lowest BCUT2D eigenvalue weighted by Gasteiger charge is -2.34. The van der Waals surface area contributed by atoms with Crippen molar-refractivity contribution < 1.29 is 4.79 Å². The number of hydrogen-bond acceptors (Lipinski definition) is 3. The Morgan fingerprint density at radius 1 is 1.09 bits per heavy atom. The number of carbonyl (C=O) groups is 1. The maximum absolute atomic E-state index is 13.0. The first-order valence-corrected chi connectivity index (χ1v) is 12.7. The van der Waals surface area contributed by atoms with Crippen LogP contribution in [0.25, 0.3) is 6.08 Å². The number of amides is 1. The molecule has 3 fully saturated rings. The Kier molecular flexibility index (Phi) is 7.54. The Balaban J connectivity index is 1.37. The van der Waals surface area contributed by atoms with Crippen molar-refractivity contribution in [1.82, 2.24) is 9.80 Å². The molecular weight excluding hydrogens is 396 g/mol. The molecule has 3 atom stereocenters. The first-order chi connectivity index (χ1) is 15.6. The van der Waals surface area contributed by atoms with Crippen LogP contribution in [0.15, 0.2) is 30.8 Å². The van der Waals surface area contributed by atoms with Gasteiger partial charge in [0.1, 0.15) is 6.04 Å². The number of guanidine groups is 1. The van der Waals surface area contributed by atoms with Crippen molar-refractivity contribution in [2.24, 2.45) is 11.8 Å². The van der Waals surface area contributed by atoms with Crippen LogP contribution in [-0.2, 0) is 4.79 Å². The van der Waals surface area contributed by atoms with Crippen LogP contribution in [0.3, 0.4) is 0 Å². The number of nitrogens with zero attached hydrogens (tertiary/aromatic N) is 2. The summed E-state index contributed by atoms with van der Waals surface area (Å²) in [6.45, 7) is 4.79. The van der Waals surface area contributed by atoms with Gasteiger partial charge in [0.05, 0.1) is 0 Å². The zero-order valence-corrected chi connectivity index (χ0v) is 19.7. The molecule has 1 amide bonds. The third-order valence-electron chi connectivity index (χ3n) is 7.96. The van der Waals surface area contributed by atoms with Gasteiger partial charge in [0.2, 0.25) is 5.96 Å². The summed E-state index contributed by atoms with van der Waals surface area (Å²) in [5.74, 6) is 1.81. The molecule has 2 saturated carbocycles. The van der Waals surface area contributed by atoms with Gasteiger partial charge in [-0.05, 0) is 49.1 Å². The minimum Gasteiger partial charge on any atom is -0.382 e. The van der Waals surface area contributed by atoms with Gasteiger partial charge in [-0.3, -0.25) is 15.1 Å². The molecule has 174 valence electrons. The summed E-state index contributed by atoms with van der Waals surface area (Å²) in [5.41, 5.74) is 2.30. The molecule has 0 unspecified atom stereocenters. The molecule has 5 heteroatoms. The quantitative estimate of drug-likeness (QED) is 0.546. The van der Waals surface area contributed by atoms with E-state index in [1.54, 1.807) is 11.9 Å². The molecule has 1 aliphatic heterocycles. The van der Waals surface area contributed by atoms with E-state index in [1.165, 1.54) is 51.4 Å². The van der Waals surface area contributed by atoms with E-state index in [9.17, 15) is 4.79 Å². The lowest BCUT2D eigenvalue weighted by Crippen LogP contribution is -2.39. The van der Waals surface area contributed by atoms with Crippen LogP contribution in [0.1, 0.15) is 76.2 Å². The highest BCUT2D eigenvalue weighted by Crippen LogP contribution is 2.34. The van der Waals surface area contributed by atoms with Gasteiger partial charge in [0.25, 0.3) is 5.91 Å². The Hall–Kier alpha value is -2.30. The fraction of sp³-hybridized carbons (Fsp3) is 0.630. The molecule has 1 aromatic rings. The van der Waals surface area contributed by atoms with E-state index in [0.29, 0.717) is 17.9 Å². The molecule has 4 rings (SSSR count). The van der Waals surface area contributed by atoms with E-state index in [2.05, 4.69) is 35.0 Å². The smallest absolute Gasteiger partial charge is 0.251 e. The summed E-state index contributed by atoms with van der Waals surface area (Å²) < 4.78 is 0. The highest BCUT2D eigenvalue weighted by Gasteiger charge is 2.42. The molecule has 1 heterocycles. The Morgan fingerprint density at radius 2 is 1.84 bits per heavy atom. The van der Waals surface area contributed by atoms with Crippen LogP contribution in [0.5, 0.6) is 0 Å². The molecule has 0 spiro atoms. The summed E-state index contributed by atoms with van der Waals surface area (Å²) in [4.78, 5) is 16.7. The van der Waals surface area contributed by atoms with E-state index in [0.717, 1.165) is 43.0 Å². The number of para-hydroxylation sites is 1. The zero-order valence-electron chi connectivity index (χ0n) is 19.7. The average molecular weight is 437 g/mol. The van der Waals surface area contributed by atoms with E-state index in [4.69, 9.17) is 5.41 Å².